The molecule has 0 unspecified atom stereocenters. The molecule has 27 heavy (non-hydrogen) atoms. The Labute approximate surface area is 161 Å². The third-order valence-corrected chi connectivity index (χ3v) is 4.13. The first-order valence-electron chi connectivity index (χ1n) is 8.32. The maximum atomic E-state index is 13.2. The standard InChI is InChI=1S/C20H18ClFN4O/c1-12-3-5-14(6-4-12)11-23-20-24-13(2)9-18(26-20)19(27)25-15-7-8-17(22)16(21)10-15/h3-10H,11H2,1-2H3,(H,25,27)(H,23,24,26). The lowest BCUT2D eigenvalue weighted by molar-refractivity contribution is 0.102. The molecule has 0 aliphatic carbocycles. The van der Waals surface area contributed by atoms with Crippen molar-refractivity contribution in [2.45, 2.75) is 20.4 Å². The quantitative estimate of drug-likeness (QED) is 0.666. The maximum Gasteiger partial charge on any atom is 0.274 e. The van der Waals surface area contributed by atoms with Gasteiger partial charge in [0.2, 0.25) is 5.95 Å². The molecule has 0 fully saturated rings. The lowest BCUT2D eigenvalue weighted by Gasteiger charge is -2.09. The largest absolute Gasteiger partial charge is 0.350 e. The highest BCUT2D eigenvalue weighted by molar-refractivity contribution is 6.31. The first-order chi connectivity index (χ1) is 12.9. The lowest BCUT2D eigenvalue weighted by atomic mass is 10.1. The van der Waals surface area contributed by atoms with Crippen LogP contribution in [0, 0.1) is 19.7 Å². The van der Waals surface area contributed by atoms with Crippen LogP contribution in [0.15, 0.2) is 48.5 Å². The van der Waals surface area contributed by atoms with Gasteiger partial charge in [-0.25, -0.2) is 14.4 Å². The minimum absolute atomic E-state index is 0.0629. The van der Waals surface area contributed by atoms with E-state index in [1.807, 2.05) is 31.2 Å². The first kappa shape index (κ1) is 18.8. The second-order valence-electron chi connectivity index (χ2n) is 6.14. The van der Waals surface area contributed by atoms with Crippen LogP contribution in [-0.2, 0) is 6.54 Å². The number of nitrogens with one attached hydrogen (secondary N) is 2. The highest BCUT2D eigenvalue weighted by Gasteiger charge is 2.12. The minimum atomic E-state index is -0.546. The monoisotopic (exact) mass is 384 g/mol. The van der Waals surface area contributed by atoms with Crippen molar-refractivity contribution in [3.63, 3.8) is 0 Å². The zero-order chi connectivity index (χ0) is 19.4. The van der Waals surface area contributed by atoms with Gasteiger partial charge in [-0.15, -0.1) is 0 Å². The molecule has 0 spiro atoms. The third kappa shape index (κ3) is 5.01. The summed E-state index contributed by atoms with van der Waals surface area (Å²) in [6, 6.07) is 13.6. The van der Waals surface area contributed by atoms with Crippen molar-refractivity contribution < 1.29 is 9.18 Å². The van der Waals surface area contributed by atoms with E-state index >= 15 is 0 Å². The highest BCUT2D eigenvalue weighted by atomic mass is 35.5. The molecule has 3 aromatic rings. The van der Waals surface area contributed by atoms with Gasteiger partial charge in [0.25, 0.3) is 5.91 Å². The molecule has 3 rings (SSSR count). The van der Waals surface area contributed by atoms with Crippen molar-refractivity contribution in [2.24, 2.45) is 0 Å². The molecule has 7 heteroatoms. The number of halogens is 2. The Hall–Kier alpha value is -2.99. The normalized spacial score (nSPS) is 10.5. The number of rotatable bonds is 5. The van der Waals surface area contributed by atoms with E-state index in [0.29, 0.717) is 23.9 Å². The summed E-state index contributed by atoms with van der Waals surface area (Å²) < 4.78 is 13.2. The van der Waals surface area contributed by atoms with Crippen molar-refractivity contribution in [1.82, 2.24) is 9.97 Å². The SMILES string of the molecule is Cc1ccc(CNc2nc(C)cc(C(=O)Nc3ccc(F)c(Cl)c3)n2)cc1. The van der Waals surface area contributed by atoms with E-state index in [4.69, 9.17) is 11.6 Å². The summed E-state index contributed by atoms with van der Waals surface area (Å²) in [6.07, 6.45) is 0. The Balaban J connectivity index is 1.72. The van der Waals surface area contributed by atoms with Crippen LogP contribution in [-0.4, -0.2) is 15.9 Å². The molecular formula is C20H18ClFN4O. The molecule has 1 heterocycles. The number of hydrogen-bond acceptors (Lipinski definition) is 4. The van der Waals surface area contributed by atoms with Crippen LogP contribution >= 0.6 is 11.6 Å². The van der Waals surface area contributed by atoms with Crippen LogP contribution in [0.5, 0.6) is 0 Å². The molecule has 2 aromatic carbocycles. The number of anilines is 2. The van der Waals surface area contributed by atoms with Gasteiger partial charge in [-0.2, -0.15) is 0 Å². The topological polar surface area (TPSA) is 66.9 Å². The summed E-state index contributed by atoms with van der Waals surface area (Å²) in [5.41, 5.74) is 3.51. The average molecular weight is 385 g/mol. The Morgan fingerprint density at radius 1 is 1.07 bits per heavy atom. The number of carbonyl (C=O) groups excluding carboxylic acids is 1. The van der Waals surface area contributed by atoms with Crippen molar-refractivity contribution in [3.05, 3.63) is 81.9 Å². The number of aromatic nitrogens is 2. The number of benzene rings is 2. The van der Waals surface area contributed by atoms with E-state index in [9.17, 15) is 9.18 Å². The number of nitrogens with zero attached hydrogens (tertiary/aromatic N) is 2. The molecule has 1 aromatic heterocycles. The van der Waals surface area contributed by atoms with E-state index in [1.54, 1.807) is 13.0 Å². The maximum absolute atomic E-state index is 13.2. The lowest BCUT2D eigenvalue weighted by Crippen LogP contribution is -2.16. The number of amides is 1. The predicted octanol–water partition coefficient (Wildman–Crippen LogP) is 4.75. The third-order valence-electron chi connectivity index (χ3n) is 3.84. The van der Waals surface area contributed by atoms with Crippen LogP contribution in [0.25, 0.3) is 0 Å². The van der Waals surface area contributed by atoms with E-state index in [1.165, 1.54) is 23.8 Å². The fourth-order valence-electron chi connectivity index (χ4n) is 2.42. The molecule has 0 radical (unpaired) electrons. The van der Waals surface area contributed by atoms with E-state index < -0.39 is 11.7 Å². The van der Waals surface area contributed by atoms with E-state index in [0.717, 1.165) is 5.56 Å². The van der Waals surface area contributed by atoms with Crippen LogP contribution in [0.1, 0.15) is 27.3 Å². The van der Waals surface area contributed by atoms with E-state index in [2.05, 4.69) is 20.6 Å². The smallest absolute Gasteiger partial charge is 0.274 e. The summed E-state index contributed by atoms with van der Waals surface area (Å²) in [7, 11) is 0. The first-order valence-corrected chi connectivity index (χ1v) is 8.70. The molecule has 0 bridgehead atoms. The second kappa shape index (κ2) is 8.14. The minimum Gasteiger partial charge on any atom is -0.350 e. The summed E-state index contributed by atoms with van der Waals surface area (Å²) in [4.78, 5) is 21.0. The fourth-order valence-corrected chi connectivity index (χ4v) is 2.60. The molecule has 0 saturated heterocycles. The van der Waals surface area contributed by atoms with Gasteiger partial charge < -0.3 is 10.6 Å². The second-order valence-corrected chi connectivity index (χ2v) is 6.55. The summed E-state index contributed by atoms with van der Waals surface area (Å²) in [5.74, 6) is -0.616. The van der Waals surface area contributed by atoms with Gasteiger partial charge in [0, 0.05) is 17.9 Å². The van der Waals surface area contributed by atoms with Gasteiger partial charge >= 0.3 is 0 Å². The molecule has 0 aliphatic rings. The van der Waals surface area contributed by atoms with Crippen molar-refractivity contribution in [2.75, 3.05) is 10.6 Å². The van der Waals surface area contributed by atoms with Crippen LogP contribution in [0.4, 0.5) is 16.0 Å². The van der Waals surface area contributed by atoms with Gasteiger partial charge in [-0.1, -0.05) is 41.4 Å². The van der Waals surface area contributed by atoms with Crippen LogP contribution < -0.4 is 10.6 Å². The zero-order valence-corrected chi connectivity index (χ0v) is 15.6. The highest BCUT2D eigenvalue weighted by Crippen LogP contribution is 2.20. The van der Waals surface area contributed by atoms with Gasteiger partial charge in [0.1, 0.15) is 11.5 Å². The van der Waals surface area contributed by atoms with Gasteiger partial charge in [0.05, 0.1) is 5.02 Å². The van der Waals surface area contributed by atoms with Crippen LogP contribution in [0.3, 0.4) is 0 Å². The average Bonchev–Trinajstić information content (AvgIpc) is 2.64. The molecule has 138 valence electrons. The van der Waals surface area contributed by atoms with Crippen molar-refractivity contribution in [1.29, 1.82) is 0 Å². The predicted molar refractivity (Wildman–Crippen MR) is 105 cm³/mol. The van der Waals surface area contributed by atoms with Crippen LogP contribution in [0.2, 0.25) is 5.02 Å². The molecule has 2 N–H and O–H groups in total. The van der Waals surface area contributed by atoms with Gasteiger partial charge in [-0.3, -0.25) is 4.79 Å². The molecule has 0 saturated carbocycles. The number of carbonyl (C=O) groups is 1. The summed E-state index contributed by atoms with van der Waals surface area (Å²) in [5, 5.41) is 5.71. The Morgan fingerprint density at radius 3 is 2.52 bits per heavy atom. The summed E-state index contributed by atoms with van der Waals surface area (Å²) in [6.45, 7) is 4.35. The molecule has 1 amide bonds. The Kier molecular flexibility index (Phi) is 5.66. The molecule has 5 nitrogen and oxygen atoms in total. The van der Waals surface area contributed by atoms with E-state index in [-0.39, 0.29) is 10.7 Å². The number of hydrogen-bond donors (Lipinski definition) is 2. The fraction of sp³-hybridized carbons (Fsp3) is 0.150. The molecule has 0 atom stereocenters. The van der Waals surface area contributed by atoms with Crippen molar-refractivity contribution in [3.8, 4) is 0 Å². The zero-order valence-electron chi connectivity index (χ0n) is 14.9. The Bertz CT molecular complexity index is 976. The van der Waals surface area contributed by atoms with Crippen molar-refractivity contribution >= 4 is 29.1 Å². The van der Waals surface area contributed by atoms with Gasteiger partial charge in [-0.05, 0) is 43.7 Å². The van der Waals surface area contributed by atoms with Gasteiger partial charge in [0.15, 0.2) is 0 Å². The molecular weight excluding hydrogens is 367 g/mol. The summed E-state index contributed by atoms with van der Waals surface area (Å²) >= 11 is 5.74. The Morgan fingerprint density at radius 2 is 1.81 bits per heavy atom. The molecule has 0 aliphatic heterocycles. The number of aryl methyl sites for hydroxylation is 2.